The average Bonchev–Trinajstić information content (AvgIpc) is 2.93. The van der Waals surface area contributed by atoms with E-state index in [-0.39, 0.29) is 23.3 Å². The average molecular weight is 295 g/mol. The van der Waals surface area contributed by atoms with Gasteiger partial charge in [-0.25, -0.2) is 0 Å². The van der Waals surface area contributed by atoms with Crippen LogP contribution in [0.3, 0.4) is 0 Å². The van der Waals surface area contributed by atoms with Crippen LogP contribution in [0.2, 0.25) is 0 Å². The summed E-state index contributed by atoms with van der Waals surface area (Å²) in [6.45, 7) is -0.0274. The fourth-order valence-electron chi connectivity index (χ4n) is 2.14. The number of aromatic nitrogens is 5. The van der Waals surface area contributed by atoms with E-state index in [1.807, 2.05) is 0 Å². The fourth-order valence-corrected chi connectivity index (χ4v) is 2.14. The molecule has 21 heavy (non-hydrogen) atoms. The number of nitrogens with zero attached hydrogens (tertiary/aromatic N) is 4. The first-order valence-corrected chi connectivity index (χ1v) is 5.88. The topological polar surface area (TPSA) is 76.5 Å². The molecule has 1 N–H and O–H groups in total. The number of halogens is 3. The number of hydrogen-bond acceptors (Lipinski definition) is 4. The van der Waals surface area contributed by atoms with Crippen LogP contribution in [0.25, 0.3) is 10.9 Å². The van der Waals surface area contributed by atoms with Gasteiger partial charge < -0.3 is 4.57 Å². The molecular weight excluding hydrogens is 287 g/mol. The first kappa shape index (κ1) is 13.3. The van der Waals surface area contributed by atoms with E-state index in [4.69, 9.17) is 0 Å². The second-order valence-corrected chi connectivity index (χ2v) is 4.34. The Balaban J connectivity index is 2.29. The highest BCUT2D eigenvalue weighted by molar-refractivity contribution is 5.82. The Hall–Kier alpha value is -2.71. The molecule has 0 aliphatic rings. The van der Waals surface area contributed by atoms with Crippen molar-refractivity contribution >= 4 is 10.9 Å². The van der Waals surface area contributed by atoms with Crippen molar-refractivity contribution in [1.29, 1.82) is 0 Å². The molecule has 0 amide bonds. The van der Waals surface area contributed by atoms with Crippen LogP contribution in [0.1, 0.15) is 11.4 Å². The summed E-state index contributed by atoms with van der Waals surface area (Å²) < 4.78 is 40.7. The van der Waals surface area contributed by atoms with Crippen molar-refractivity contribution in [2.45, 2.75) is 12.7 Å². The number of aromatic amines is 1. The van der Waals surface area contributed by atoms with Crippen LogP contribution in [0.15, 0.2) is 35.3 Å². The lowest BCUT2D eigenvalue weighted by Gasteiger charge is -2.15. The Labute approximate surface area is 115 Å². The van der Waals surface area contributed by atoms with E-state index in [0.717, 1.165) is 6.07 Å². The highest BCUT2D eigenvalue weighted by Crippen LogP contribution is 2.33. The Morgan fingerprint density at radius 2 is 2.05 bits per heavy atom. The van der Waals surface area contributed by atoms with Crippen LogP contribution < -0.4 is 5.43 Å². The highest BCUT2D eigenvalue weighted by atomic mass is 19.4. The normalized spacial score (nSPS) is 12.0. The summed E-state index contributed by atoms with van der Waals surface area (Å²) >= 11 is 0. The minimum atomic E-state index is -4.56. The molecule has 0 saturated heterocycles. The van der Waals surface area contributed by atoms with Crippen molar-refractivity contribution in [3.05, 3.63) is 52.1 Å². The van der Waals surface area contributed by atoms with E-state index < -0.39 is 17.2 Å². The minimum absolute atomic E-state index is 0.00387. The van der Waals surface area contributed by atoms with Gasteiger partial charge in [0.05, 0.1) is 17.6 Å². The molecule has 0 saturated carbocycles. The molecular formula is C12H8F3N5O. The third-order valence-electron chi connectivity index (χ3n) is 3.00. The van der Waals surface area contributed by atoms with Gasteiger partial charge in [-0.05, 0) is 12.1 Å². The minimum Gasteiger partial charge on any atom is -0.339 e. The summed E-state index contributed by atoms with van der Waals surface area (Å²) in [6, 6.07) is 4.72. The van der Waals surface area contributed by atoms with Crippen LogP contribution in [0.4, 0.5) is 13.2 Å². The SMILES string of the molecule is O=c1ccn(Cc2nn[nH]n2)c2c(C(F)(F)F)cccc12. The van der Waals surface area contributed by atoms with Gasteiger partial charge in [0.1, 0.15) is 0 Å². The molecule has 0 spiro atoms. The Kier molecular flexibility index (Phi) is 2.96. The molecule has 0 aliphatic heterocycles. The van der Waals surface area contributed by atoms with Crippen molar-refractivity contribution < 1.29 is 13.2 Å². The van der Waals surface area contributed by atoms with Gasteiger partial charge in [0, 0.05) is 17.6 Å². The van der Waals surface area contributed by atoms with E-state index in [2.05, 4.69) is 20.6 Å². The summed E-state index contributed by atoms with van der Waals surface area (Å²) in [5.41, 5.74) is -1.54. The third kappa shape index (κ3) is 2.37. The first-order chi connectivity index (χ1) is 9.97. The zero-order chi connectivity index (χ0) is 15.0. The number of H-pyrrole nitrogens is 1. The number of alkyl halides is 3. The molecule has 1 aromatic carbocycles. The molecule has 0 radical (unpaired) electrons. The quantitative estimate of drug-likeness (QED) is 0.778. The molecule has 0 atom stereocenters. The van der Waals surface area contributed by atoms with E-state index in [1.165, 1.54) is 29.0 Å². The maximum atomic E-state index is 13.1. The van der Waals surface area contributed by atoms with Gasteiger partial charge in [-0.3, -0.25) is 4.79 Å². The summed E-state index contributed by atoms with van der Waals surface area (Å²) in [7, 11) is 0. The van der Waals surface area contributed by atoms with E-state index in [9.17, 15) is 18.0 Å². The first-order valence-electron chi connectivity index (χ1n) is 5.88. The molecule has 2 aromatic heterocycles. The molecule has 2 heterocycles. The summed E-state index contributed by atoms with van der Waals surface area (Å²) in [5.74, 6) is 0.219. The molecule has 3 aromatic rings. The number of fused-ring (bicyclic) bond motifs is 1. The second kappa shape index (κ2) is 4.69. The maximum absolute atomic E-state index is 13.1. The number of tetrazole rings is 1. The van der Waals surface area contributed by atoms with Crippen molar-refractivity contribution in [2.24, 2.45) is 0 Å². The Morgan fingerprint density at radius 1 is 1.24 bits per heavy atom. The largest absolute Gasteiger partial charge is 0.418 e. The van der Waals surface area contributed by atoms with Gasteiger partial charge in [-0.2, -0.15) is 18.4 Å². The van der Waals surface area contributed by atoms with Gasteiger partial charge in [-0.15, -0.1) is 10.2 Å². The molecule has 0 aliphatic carbocycles. The lowest BCUT2D eigenvalue weighted by atomic mass is 10.1. The third-order valence-corrected chi connectivity index (χ3v) is 3.00. The zero-order valence-electron chi connectivity index (χ0n) is 10.4. The number of para-hydroxylation sites is 1. The summed E-state index contributed by atoms with van der Waals surface area (Å²) in [6.07, 6.45) is -3.28. The molecule has 0 fully saturated rings. The van der Waals surface area contributed by atoms with Crippen molar-refractivity contribution in [1.82, 2.24) is 25.2 Å². The highest BCUT2D eigenvalue weighted by Gasteiger charge is 2.33. The van der Waals surface area contributed by atoms with Crippen LogP contribution in [-0.4, -0.2) is 25.2 Å². The molecule has 108 valence electrons. The van der Waals surface area contributed by atoms with Crippen LogP contribution >= 0.6 is 0 Å². The Bertz CT molecular complexity index is 838. The van der Waals surface area contributed by atoms with Crippen molar-refractivity contribution in [3.63, 3.8) is 0 Å². The van der Waals surface area contributed by atoms with Gasteiger partial charge in [-0.1, -0.05) is 11.3 Å². The molecule has 9 heteroatoms. The smallest absolute Gasteiger partial charge is 0.339 e. The monoisotopic (exact) mass is 295 g/mol. The number of rotatable bonds is 2. The number of benzene rings is 1. The van der Waals surface area contributed by atoms with Gasteiger partial charge in [0.25, 0.3) is 0 Å². The van der Waals surface area contributed by atoms with E-state index >= 15 is 0 Å². The van der Waals surface area contributed by atoms with E-state index in [1.54, 1.807) is 0 Å². The standard InChI is InChI=1S/C12H8F3N5O/c13-12(14,15)8-3-1-2-7-9(21)4-5-20(11(7)8)6-10-16-18-19-17-10/h1-5H,6H2,(H,16,17,18,19). The number of nitrogens with one attached hydrogen (secondary N) is 1. The lowest BCUT2D eigenvalue weighted by molar-refractivity contribution is -0.136. The van der Waals surface area contributed by atoms with Crippen molar-refractivity contribution in [2.75, 3.05) is 0 Å². The van der Waals surface area contributed by atoms with Crippen LogP contribution in [0, 0.1) is 0 Å². The zero-order valence-corrected chi connectivity index (χ0v) is 10.4. The van der Waals surface area contributed by atoms with Crippen molar-refractivity contribution in [3.8, 4) is 0 Å². The summed E-state index contributed by atoms with van der Waals surface area (Å²) in [5, 5.41) is 13.0. The number of hydrogen-bond donors (Lipinski definition) is 1. The fraction of sp³-hybridized carbons (Fsp3) is 0.167. The molecule has 3 rings (SSSR count). The summed E-state index contributed by atoms with van der Waals surface area (Å²) in [4.78, 5) is 11.8. The van der Waals surface area contributed by atoms with Crippen LogP contribution in [-0.2, 0) is 12.7 Å². The van der Waals surface area contributed by atoms with E-state index in [0.29, 0.717) is 0 Å². The second-order valence-electron chi connectivity index (χ2n) is 4.34. The number of pyridine rings is 1. The molecule has 0 bridgehead atoms. The molecule has 6 nitrogen and oxygen atoms in total. The maximum Gasteiger partial charge on any atom is 0.418 e. The predicted octanol–water partition coefficient (Wildman–Crippen LogP) is 1.58. The lowest BCUT2D eigenvalue weighted by Crippen LogP contribution is -2.15. The molecule has 0 unspecified atom stereocenters. The van der Waals surface area contributed by atoms with Gasteiger partial charge in [0.2, 0.25) is 0 Å². The Morgan fingerprint density at radius 3 is 2.71 bits per heavy atom. The van der Waals surface area contributed by atoms with Gasteiger partial charge in [0.15, 0.2) is 11.3 Å². The van der Waals surface area contributed by atoms with Crippen LogP contribution in [0.5, 0.6) is 0 Å². The van der Waals surface area contributed by atoms with Gasteiger partial charge >= 0.3 is 6.18 Å². The predicted molar refractivity (Wildman–Crippen MR) is 66.5 cm³/mol.